The van der Waals surface area contributed by atoms with Crippen LogP contribution in [0, 0.1) is 19.8 Å². The number of amides is 2. The summed E-state index contributed by atoms with van der Waals surface area (Å²) < 4.78 is 34.2. The zero-order chi connectivity index (χ0) is 29.4. The number of sulfonamides is 1. The Balaban J connectivity index is 2.03. The molecule has 0 spiro atoms. The van der Waals surface area contributed by atoms with Crippen LogP contribution in [0.3, 0.4) is 0 Å². The Morgan fingerprint density at radius 2 is 1.55 bits per heavy atom. The molecule has 0 radical (unpaired) electrons. The topological polar surface area (TPSA) is 96.0 Å². The Morgan fingerprint density at radius 3 is 2.15 bits per heavy atom. The van der Waals surface area contributed by atoms with E-state index >= 15 is 0 Å². The first-order valence-corrected chi connectivity index (χ1v) is 14.7. The number of benzene rings is 3. The minimum absolute atomic E-state index is 0.0770. The maximum absolute atomic E-state index is 14.0. The van der Waals surface area contributed by atoms with Gasteiger partial charge in [-0.3, -0.25) is 13.9 Å². The van der Waals surface area contributed by atoms with E-state index in [4.69, 9.17) is 4.74 Å². The van der Waals surface area contributed by atoms with Crippen molar-refractivity contribution in [3.05, 3.63) is 89.5 Å². The molecule has 0 aliphatic carbocycles. The van der Waals surface area contributed by atoms with Crippen LogP contribution in [0.2, 0.25) is 0 Å². The Bertz CT molecular complexity index is 1410. The fourth-order valence-corrected chi connectivity index (χ4v) is 5.69. The monoisotopic (exact) mass is 565 g/mol. The molecule has 0 saturated heterocycles. The van der Waals surface area contributed by atoms with Gasteiger partial charge in [0.05, 0.1) is 17.7 Å². The lowest BCUT2D eigenvalue weighted by Gasteiger charge is -2.32. The number of nitrogens with zero attached hydrogens (tertiary/aromatic N) is 2. The van der Waals surface area contributed by atoms with E-state index in [-0.39, 0.29) is 23.3 Å². The normalized spacial score (nSPS) is 12.1. The molecular weight excluding hydrogens is 526 g/mol. The second-order valence-electron chi connectivity index (χ2n) is 10.2. The predicted molar refractivity (Wildman–Crippen MR) is 158 cm³/mol. The summed E-state index contributed by atoms with van der Waals surface area (Å²) in [6.45, 7) is 9.47. The molecule has 3 aromatic carbocycles. The summed E-state index contributed by atoms with van der Waals surface area (Å²) in [5.74, 6) is 0.0975. The average molecular weight is 566 g/mol. The Hall–Kier alpha value is -3.85. The zero-order valence-corrected chi connectivity index (χ0v) is 24.9. The fourth-order valence-electron chi connectivity index (χ4n) is 4.20. The summed E-state index contributed by atoms with van der Waals surface area (Å²) in [5.41, 5.74) is 2.84. The molecule has 0 aliphatic heterocycles. The molecule has 0 bridgehead atoms. The van der Waals surface area contributed by atoms with E-state index < -0.39 is 28.5 Å². The molecule has 0 aliphatic rings. The quantitative estimate of drug-likeness (QED) is 0.344. The summed E-state index contributed by atoms with van der Waals surface area (Å²) in [5, 5.41) is 2.89. The van der Waals surface area contributed by atoms with Crippen LogP contribution < -0.4 is 14.4 Å². The number of carbonyl (C=O) groups is 2. The molecule has 3 aromatic rings. The summed E-state index contributed by atoms with van der Waals surface area (Å²) in [6.07, 6.45) is 0. The predicted octanol–water partition coefficient (Wildman–Crippen LogP) is 4.70. The largest absolute Gasteiger partial charge is 0.497 e. The van der Waals surface area contributed by atoms with Gasteiger partial charge in [-0.1, -0.05) is 56.3 Å². The van der Waals surface area contributed by atoms with Gasteiger partial charge in [-0.2, -0.15) is 0 Å². The van der Waals surface area contributed by atoms with E-state index in [0.717, 1.165) is 21.0 Å². The maximum Gasteiger partial charge on any atom is 0.264 e. The second kappa shape index (κ2) is 13.5. The number of hydrogen-bond acceptors (Lipinski definition) is 5. The third kappa shape index (κ3) is 7.41. The molecule has 9 heteroatoms. The highest BCUT2D eigenvalue weighted by atomic mass is 32.2. The second-order valence-corrected chi connectivity index (χ2v) is 12.1. The minimum atomic E-state index is -4.10. The molecule has 0 fully saturated rings. The Morgan fingerprint density at radius 1 is 0.900 bits per heavy atom. The van der Waals surface area contributed by atoms with E-state index in [1.807, 2.05) is 45.9 Å². The van der Waals surface area contributed by atoms with E-state index in [2.05, 4.69) is 5.32 Å². The van der Waals surface area contributed by atoms with Gasteiger partial charge < -0.3 is 15.0 Å². The van der Waals surface area contributed by atoms with Crippen LogP contribution in [-0.4, -0.2) is 51.4 Å². The summed E-state index contributed by atoms with van der Waals surface area (Å²) in [6, 6.07) is 19.8. The number of nitrogens with one attached hydrogen (secondary N) is 1. The lowest BCUT2D eigenvalue weighted by Crippen LogP contribution is -2.51. The van der Waals surface area contributed by atoms with Crippen molar-refractivity contribution in [1.29, 1.82) is 0 Å². The van der Waals surface area contributed by atoms with Crippen molar-refractivity contribution in [3.63, 3.8) is 0 Å². The molecule has 40 heavy (non-hydrogen) atoms. The summed E-state index contributed by atoms with van der Waals surface area (Å²) in [7, 11) is -2.53. The van der Waals surface area contributed by atoms with Gasteiger partial charge in [-0.15, -0.1) is 0 Å². The number of ether oxygens (including phenoxy) is 1. The highest BCUT2D eigenvalue weighted by Gasteiger charge is 2.33. The van der Waals surface area contributed by atoms with E-state index in [1.54, 1.807) is 56.5 Å². The number of anilines is 1. The van der Waals surface area contributed by atoms with E-state index in [0.29, 0.717) is 18.0 Å². The number of hydrogen-bond donors (Lipinski definition) is 1. The van der Waals surface area contributed by atoms with Crippen LogP contribution in [0.25, 0.3) is 0 Å². The molecule has 2 amide bonds. The van der Waals surface area contributed by atoms with Gasteiger partial charge in [0, 0.05) is 13.1 Å². The summed E-state index contributed by atoms with van der Waals surface area (Å²) >= 11 is 0. The van der Waals surface area contributed by atoms with Crippen molar-refractivity contribution in [2.45, 2.75) is 52.1 Å². The standard InChI is InChI=1S/C31H39N3O5S/c1-22(2)19-32-31(36)25(5)33(20-26-15-17-27(39-6)18-16-26)30(35)21-34(29-14-10-11-23(3)24(29)4)40(37,38)28-12-8-7-9-13-28/h7-18,22,25H,19-21H2,1-6H3,(H,32,36)/t25-/m1/s1. The van der Waals surface area contributed by atoms with Crippen LogP contribution in [0.15, 0.2) is 77.7 Å². The highest BCUT2D eigenvalue weighted by molar-refractivity contribution is 7.92. The van der Waals surface area contributed by atoms with Gasteiger partial charge in [-0.05, 0) is 73.7 Å². The summed E-state index contributed by atoms with van der Waals surface area (Å²) in [4.78, 5) is 28.6. The first-order valence-electron chi connectivity index (χ1n) is 13.3. The first-order chi connectivity index (χ1) is 18.9. The molecule has 8 nitrogen and oxygen atoms in total. The van der Waals surface area contributed by atoms with Crippen molar-refractivity contribution < 1.29 is 22.7 Å². The molecule has 0 aromatic heterocycles. The van der Waals surface area contributed by atoms with Crippen LogP contribution >= 0.6 is 0 Å². The van der Waals surface area contributed by atoms with Crippen molar-refractivity contribution in [2.24, 2.45) is 5.92 Å². The van der Waals surface area contributed by atoms with Gasteiger partial charge in [0.15, 0.2) is 0 Å². The molecule has 1 atom stereocenters. The van der Waals surface area contributed by atoms with Crippen molar-refractivity contribution in [2.75, 3.05) is 24.5 Å². The van der Waals surface area contributed by atoms with Crippen LogP contribution in [-0.2, 0) is 26.2 Å². The van der Waals surface area contributed by atoms with Crippen LogP contribution in [0.1, 0.15) is 37.5 Å². The van der Waals surface area contributed by atoms with Gasteiger partial charge in [0.2, 0.25) is 11.8 Å². The lowest BCUT2D eigenvalue weighted by atomic mass is 10.1. The molecule has 0 unspecified atom stereocenters. The van der Waals surface area contributed by atoms with Gasteiger partial charge >= 0.3 is 0 Å². The third-order valence-electron chi connectivity index (χ3n) is 6.82. The van der Waals surface area contributed by atoms with E-state index in [1.165, 1.54) is 17.0 Å². The lowest BCUT2D eigenvalue weighted by molar-refractivity contribution is -0.139. The van der Waals surface area contributed by atoms with Crippen molar-refractivity contribution in [3.8, 4) is 5.75 Å². The molecule has 3 rings (SSSR count). The first kappa shape index (κ1) is 30.7. The van der Waals surface area contributed by atoms with Crippen molar-refractivity contribution >= 4 is 27.5 Å². The van der Waals surface area contributed by atoms with Gasteiger partial charge in [0.25, 0.3) is 10.0 Å². The Labute approximate surface area is 238 Å². The smallest absolute Gasteiger partial charge is 0.264 e. The SMILES string of the molecule is COc1ccc(CN(C(=O)CN(c2cccc(C)c2C)S(=O)(=O)c2ccccc2)[C@H](C)C(=O)NCC(C)C)cc1. The Kier molecular flexibility index (Phi) is 10.3. The molecular formula is C31H39N3O5S. The maximum atomic E-state index is 14.0. The molecule has 1 N–H and O–H groups in total. The third-order valence-corrected chi connectivity index (χ3v) is 8.59. The number of carbonyl (C=O) groups excluding carboxylic acids is 2. The molecule has 0 heterocycles. The molecule has 0 saturated carbocycles. The average Bonchev–Trinajstić information content (AvgIpc) is 2.95. The highest BCUT2D eigenvalue weighted by Crippen LogP contribution is 2.29. The van der Waals surface area contributed by atoms with Crippen LogP contribution in [0.5, 0.6) is 5.75 Å². The minimum Gasteiger partial charge on any atom is -0.497 e. The number of rotatable bonds is 12. The number of aryl methyl sites for hydroxylation is 1. The van der Waals surface area contributed by atoms with Crippen molar-refractivity contribution in [1.82, 2.24) is 10.2 Å². The zero-order valence-electron chi connectivity index (χ0n) is 24.0. The van der Waals surface area contributed by atoms with E-state index in [9.17, 15) is 18.0 Å². The number of methoxy groups -OCH3 is 1. The van der Waals surface area contributed by atoms with Gasteiger partial charge in [0.1, 0.15) is 18.3 Å². The fraction of sp³-hybridized carbons (Fsp3) is 0.355. The van der Waals surface area contributed by atoms with Crippen LogP contribution in [0.4, 0.5) is 5.69 Å². The van der Waals surface area contributed by atoms with Gasteiger partial charge in [-0.25, -0.2) is 8.42 Å². The molecule has 214 valence electrons.